The molecule has 2 aromatic carbocycles. The maximum Gasteiger partial charge on any atom is 0.319 e. The number of rotatable bonds is 5. The molecule has 3 aromatic rings. The van der Waals surface area contributed by atoms with Gasteiger partial charge in [0.25, 0.3) is 5.22 Å². The Balaban J connectivity index is 1.95. The third-order valence-electron chi connectivity index (χ3n) is 3.04. The van der Waals surface area contributed by atoms with Gasteiger partial charge in [-0.15, -0.1) is 10.2 Å². The molecule has 0 aliphatic rings. The molecule has 0 saturated carbocycles. The van der Waals surface area contributed by atoms with Gasteiger partial charge in [0.05, 0.1) is 12.0 Å². The molecule has 0 radical (unpaired) electrons. The highest BCUT2D eigenvalue weighted by atomic mass is 32.2. The summed E-state index contributed by atoms with van der Waals surface area (Å²) in [6, 6.07) is 11.3. The van der Waals surface area contributed by atoms with E-state index >= 15 is 0 Å². The van der Waals surface area contributed by atoms with Crippen molar-refractivity contribution in [3.8, 4) is 17.2 Å². The number of ether oxygens (including phenoxy) is 1. The van der Waals surface area contributed by atoms with Gasteiger partial charge in [-0.05, 0) is 23.9 Å². The molecule has 7 nitrogen and oxygen atoms in total. The molecular formula is C15H10FN3O4S. The summed E-state index contributed by atoms with van der Waals surface area (Å²) in [4.78, 5) is 10.3. The highest BCUT2D eigenvalue weighted by Gasteiger charge is 2.24. The second-order valence-electron chi connectivity index (χ2n) is 4.55. The lowest BCUT2D eigenvalue weighted by Gasteiger charge is -2.04. The molecule has 0 fully saturated rings. The average molecular weight is 347 g/mol. The van der Waals surface area contributed by atoms with Crippen LogP contribution in [0.4, 0.5) is 10.1 Å². The van der Waals surface area contributed by atoms with E-state index < -0.39 is 16.4 Å². The zero-order valence-electron chi connectivity index (χ0n) is 12.3. The summed E-state index contributed by atoms with van der Waals surface area (Å²) in [5.74, 6) is -0.572. The number of benzene rings is 2. The Kier molecular flexibility index (Phi) is 4.43. The average Bonchev–Trinajstić information content (AvgIpc) is 3.03. The predicted molar refractivity (Wildman–Crippen MR) is 83.5 cm³/mol. The van der Waals surface area contributed by atoms with E-state index in [9.17, 15) is 14.5 Å². The molecule has 1 heterocycles. The van der Waals surface area contributed by atoms with Crippen LogP contribution < -0.4 is 4.74 Å². The summed E-state index contributed by atoms with van der Waals surface area (Å²) < 4.78 is 24.3. The maximum absolute atomic E-state index is 13.9. The van der Waals surface area contributed by atoms with E-state index in [4.69, 9.17) is 9.15 Å². The molecule has 0 saturated heterocycles. The second kappa shape index (κ2) is 6.67. The molecule has 122 valence electrons. The molecule has 0 spiro atoms. The van der Waals surface area contributed by atoms with Gasteiger partial charge in [-0.25, -0.2) is 0 Å². The van der Waals surface area contributed by atoms with Gasteiger partial charge in [0.2, 0.25) is 11.7 Å². The Bertz CT molecular complexity index is 886. The van der Waals surface area contributed by atoms with Crippen molar-refractivity contribution in [2.75, 3.05) is 7.11 Å². The van der Waals surface area contributed by atoms with E-state index in [0.29, 0.717) is 5.56 Å². The summed E-state index contributed by atoms with van der Waals surface area (Å²) in [5.41, 5.74) is 0.0448. The monoisotopic (exact) mass is 347 g/mol. The van der Waals surface area contributed by atoms with E-state index in [1.54, 1.807) is 12.1 Å². The van der Waals surface area contributed by atoms with Crippen LogP contribution in [0.1, 0.15) is 0 Å². The van der Waals surface area contributed by atoms with E-state index in [-0.39, 0.29) is 21.8 Å². The molecule has 0 bridgehead atoms. The summed E-state index contributed by atoms with van der Waals surface area (Å²) in [6.07, 6.45) is 0. The fourth-order valence-corrected chi connectivity index (χ4v) is 2.80. The van der Waals surface area contributed by atoms with Crippen LogP contribution in [-0.4, -0.2) is 22.2 Å². The van der Waals surface area contributed by atoms with Crippen LogP contribution in [0, 0.1) is 15.9 Å². The summed E-state index contributed by atoms with van der Waals surface area (Å²) in [6.45, 7) is 0. The molecule has 3 rings (SSSR count). The first-order valence-corrected chi connectivity index (χ1v) is 7.49. The van der Waals surface area contributed by atoms with Crippen molar-refractivity contribution in [2.24, 2.45) is 0 Å². The van der Waals surface area contributed by atoms with Gasteiger partial charge < -0.3 is 9.15 Å². The Morgan fingerprint density at radius 2 is 2.00 bits per heavy atom. The summed E-state index contributed by atoms with van der Waals surface area (Å²) in [7, 11) is 1.34. The zero-order valence-corrected chi connectivity index (χ0v) is 13.1. The molecular weight excluding hydrogens is 337 g/mol. The van der Waals surface area contributed by atoms with E-state index in [1.807, 2.05) is 18.2 Å². The minimum absolute atomic E-state index is 0.0140. The van der Waals surface area contributed by atoms with Crippen molar-refractivity contribution in [2.45, 2.75) is 10.1 Å². The van der Waals surface area contributed by atoms with E-state index in [1.165, 1.54) is 13.2 Å². The van der Waals surface area contributed by atoms with Gasteiger partial charge in [0.15, 0.2) is 0 Å². The number of halogens is 1. The van der Waals surface area contributed by atoms with Crippen molar-refractivity contribution < 1.29 is 18.5 Å². The fraction of sp³-hybridized carbons (Fsp3) is 0.0667. The highest BCUT2D eigenvalue weighted by Crippen LogP contribution is 2.39. The number of methoxy groups -OCH3 is 1. The van der Waals surface area contributed by atoms with Crippen LogP contribution in [0.25, 0.3) is 11.5 Å². The number of aromatic nitrogens is 2. The summed E-state index contributed by atoms with van der Waals surface area (Å²) in [5, 5.41) is 18.9. The Hall–Kier alpha value is -2.94. The van der Waals surface area contributed by atoms with Crippen LogP contribution in [0.2, 0.25) is 0 Å². The number of hydrogen-bond donors (Lipinski definition) is 0. The highest BCUT2D eigenvalue weighted by molar-refractivity contribution is 7.99. The molecule has 0 aliphatic carbocycles. The lowest BCUT2D eigenvalue weighted by molar-refractivity contribution is -0.390. The van der Waals surface area contributed by atoms with E-state index in [0.717, 1.165) is 17.8 Å². The molecule has 0 aliphatic heterocycles. The minimum atomic E-state index is -0.996. The smallest absolute Gasteiger partial charge is 0.319 e. The third kappa shape index (κ3) is 3.20. The van der Waals surface area contributed by atoms with Gasteiger partial charge in [-0.3, -0.25) is 10.1 Å². The van der Waals surface area contributed by atoms with Crippen molar-refractivity contribution in [3.05, 3.63) is 58.4 Å². The van der Waals surface area contributed by atoms with Gasteiger partial charge in [-0.2, -0.15) is 4.39 Å². The van der Waals surface area contributed by atoms with Crippen LogP contribution in [-0.2, 0) is 0 Å². The molecule has 1 aromatic heterocycles. The largest absolute Gasteiger partial charge is 0.497 e. The molecule has 0 amide bonds. The maximum atomic E-state index is 13.9. The second-order valence-corrected chi connectivity index (χ2v) is 5.55. The van der Waals surface area contributed by atoms with Crippen molar-refractivity contribution in [1.29, 1.82) is 0 Å². The molecule has 9 heteroatoms. The van der Waals surface area contributed by atoms with Crippen LogP contribution in [0.15, 0.2) is 57.0 Å². The van der Waals surface area contributed by atoms with Gasteiger partial charge in [0.1, 0.15) is 10.6 Å². The topological polar surface area (TPSA) is 91.3 Å². The minimum Gasteiger partial charge on any atom is -0.497 e. The Morgan fingerprint density at radius 3 is 2.67 bits per heavy atom. The van der Waals surface area contributed by atoms with E-state index in [2.05, 4.69) is 10.2 Å². The SMILES string of the molecule is COc1cc(F)c([N+](=O)[O-])c(Sc2nnc(-c3ccccc3)o2)c1. The standard InChI is InChI=1S/C15H10FN3O4S/c1-22-10-7-11(16)13(19(20)21)12(8-10)24-15-18-17-14(23-15)9-5-3-2-4-6-9/h2-8H,1H3. The van der Waals surface area contributed by atoms with Crippen LogP contribution in [0.5, 0.6) is 5.75 Å². The van der Waals surface area contributed by atoms with Gasteiger partial charge >= 0.3 is 5.69 Å². The third-order valence-corrected chi connectivity index (χ3v) is 3.92. The first-order valence-electron chi connectivity index (χ1n) is 6.67. The Labute approximate surface area is 139 Å². The van der Waals surface area contributed by atoms with Gasteiger partial charge in [0, 0.05) is 17.7 Å². The quantitative estimate of drug-likeness (QED) is 0.510. The predicted octanol–water partition coefficient (Wildman–Crippen LogP) is 3.94. The Morgan fingerprint density at radius 1 is 1.25 bits per heavy atom. The van der Waals surface area contributed by atoms with Crippen molar-refractivity contribution in [1.82, 2.24) is 10.2 Å². The number of hydrogen-bond acceptors (Lipinski definition) is 7. The number of nitro benzene ring substituents is 1. The van der Waals surface area contributed by atoms with Gasteiger partial charge in [-0.1, -0.05) is 18.2 Å². The van der Waals surface area contributed by atoms with Crippen molar-refractivity contribution >= 4 is 17.4 Å². The fourth-order valence-electron chi connectivity index (χ4n) is 1.97. The number of nitrogens with zero attached hydrogens (tertiary/aromatic N) is 3. The molecule has 0 unspecified atom stereocenters. The zero-order chi connectivity index (χ0) is 17.1. The lowest BCUT2D eigenvalue weighted by atomic mass is 10.2. The van der Waals surface area contributed by atoms with Crippen LogP contribution in [0.3, 0.4) is 0 Å². The van der Waals surface area contributed by atoms with Crippen molar-refractivity contribution in [3.63, 3.8) is 0 Å². The summed E-state index contributed by atoms with van der Waals surface area (Å²) >= 11 is 0.800. The molecule has 0 atom stereocenters. The molecule has 24 heavy (non-hydrogen) atoms. The number of nitro groups is 1. The van der Waals surface area contributed by atoms with Crippen LogP contribution >= 0.6 is 11.8 Å². The lowest BCUT2D eigenvalue weighted by Crippen LogP contribution is -1.96. The normalized spacial score (nSPS) is 10.6. The first-order chi connectivity index (χ1) is 11.6. The molecule has 0 N–H and O–H groups in total. The first kappa shape index (κ1) is 15.9.